The standard InChI is InChI=1S/C10H4ClF4NO2/c11-6-4(9(17)16-10(6)18)5-7(14)2(12)1-3(13)8(5)15/h1,4,6H,(H,16,17,18). The fourth-order valence-corrected chi connectivity index (χ4v) is 1.99. The molecule has 1 heterocycles. The summed E-state index contributed by atoms with van der Waals surface area (Å²) in [5.41, 5.74) is -1.18. The molecule has 2 amide bonds. The number of hydrogen-bond acceptors (Lipinski definition) is 2. The van der Waals surface area contributed by atoms with Crippen LogP contribution in [0.5, 0.6) is 0 Å². The molecule has 1 aliphatic rings. The van der Waals surface area contributed by atoms with Gasteiger partial charge in [-0.1, -0.05) is 0 Å². The van der Waals surface area contributed by atoms with Crippen LogP contribution in [-0.2, 0) is 9.59 Å². The lowest BCUT2D eigenvalue weighted by Crippen LogP contribution is -2.22. The molecule has 2 rings (SSSR count). The highest BCUT2D eigenvalue weighted by Gasteiger charge is 2.45. The van der Waals surface area contributed by atoms with E-state index in [1.54, 1.807) is 5.32 Å². The third kappa shape index (κ3) is 1.74. The number of hydrogen-bond donors (Lipinski definition) is 1. The maximum atomic E-state index is 13.4. The molecular formula is C10H4ClF4NO2. The molecule has 8 heteroatoms. The van der Waals surface area contributed by atoms with Gasteiger partial charge in [0.05, 0.1) is 5.92 Å². The van der Waals surface area contributed by atoms with E-state index >= 15 is 0 Å². The van der Waals surface area contributed by atoms with Gasteiger partial charge in [-0.2, -0.15) is 0 Å². The SMILES string of the molecule is O=C1NC(=O)C(c2c(F)c(F)cc(F)c2F)C1Cl. The van der Waals surface area contributed by atoms with E-state index in [9.17, 15) is 27.2 Å². The average molecular weight is 282 g/mol. The summed E-state index contributed by atoms with van der Waals surface area (Å²) in [4.78, 5) is 22.4. The minimum Gasteiger partial charge on any atom is -0.295 e. The van der Waals surface area contributed by atoms with Gasteiger partial charge in [-0.25, -0.2) is 17.6 Å². The van der Waals surface area contributed by atoms with Crippen molar-refractivity contribution < 1.29 is 27.2 Å². The molecule has 0 spiro atoms. The monoisotopic (exact) mass is 281 g/mol. The van der Waals surface area contributed by atoms with Crippen molar-refractivity contribution in [1.82, 2.24) is 5.32 Å². The number of alkyl halides is 1. The fourth-order valence-electron chi connectivity index (χ4n) is 1.69. The van der Waals surface area contributed by atoms with Gasteiger partial charge < -0.3 is 0 Å². The Bertz CT molecular complexity index is 537. The predicted molar refractivity (Wildman–Crippen MR) is 51.8 cm³/mol. The van der Waals surface area contributed by atoms with Gasteiger partial charge in [-0.05, 0) is 0 Å². The first-order valence-corrected chi connectivity index (χ1v) is 5.10. The molecule has 0 saturated carbocycles. The largest absolute Gasteiger partial charge is 0.295 e. The summed E-state index contributed by atoms with van der Waals surface area (Å²) in [5, 5.41) is 0.0979. The zero-order valence-corrected chi connectivity index (χ0v) is 9.19. The average Bonchev–Trinajstić information content (AvgIpc) is 2.53. The summed E-state index contributed by atoms with van der Waals surface area (Å²) >= 11 is 5.50. The third-order valence-electron chi connectivity index (χ3n) is 2.53. The zero-order chi connectivity index (χ0) is 13.6. The molecule has 3 nitrogen and oxygen atoms in total. The summed E-state index contributed by atoms with van der Waals surface area (Å²) in [5.74, 6) is -10.7. The molecule has 2 unspecified atom stereocenters. The van der Waals surface area contributed by atoms with E-state index in [-0.39, 0.29) is 6.07 Å². The number of amides is 2. The molecule has 0 aromatic heterocycles. The minimum absolute atomic E-state index is 0.00603. The van der Waals surface area contributed by atoms with Crippen LogP contribution in [0.1, 0.15) is 11.5 Å². The van der Waals surface area contributed by atoms with Crippen molar-refractivity contribution >= 4 is 23.4 Å². The first-order chi connectivity index (χ1) is 8.34. The van der Waals surface area contributed by atoms with Crippen molar-refractivity contribution in [3.63, 3.8) is 0 Å². The highest BCUT2D eigenvalue weighted by Crippen LogP contribution is 2.34. The fraction of sp³-hybridized carbons (Fsp3) is 0.200. The molecule has 1 fully saturated rings. The molecule has 18 heavy (non-hydrogen) atoms. The molecule has 1 aromatic rings. The Morgan fingerprint density at radius 3 is 1.89 bits per heavy atom. The molecule has 1 saturated heterocycles. The van der Waals surface area contributed by atoms with Crippen molar-refractivity contribution in [2.75, 3.05) is 0 Å². The second-order valence-electron chi connectivity index (χ2n) is 3.61. The maximum absolute atomic E-state index is 13.4. The zero-order valence-electron chi connectivity index (χ0n) is 8.44. The van der Waals surface area contributed by atoms with Gasteiger partial charge in [-0.3, -0.25) is 14.9 Å². The van der Waals surface area contributed by atoms with Crippen LogP contribution >= 0.6 is 11.6 Å². The van der Waals surface area contributed by atoms with E-state index in [1.165, 1.54) is 0 Å². The van der Waals surface area contributed by atoms with Gasteiger partial charge in [0.1, 0.15) is 5.38 Å². The lowest BCUT2D eigenvalue weighted by atomic mass is 9.95. The summed E-state index contributed by atoms with van der Waals surface area (Å²) in [7, 11) is 0. The summed E-state index contributed by atoms with van der Waals surface area (Å²) in [6.45, 7) is 0. The van der Waals surface area contributed by atoms with Gasteiger partial charge in [0.25, 0.3) is 0 Å². The van der Waals surface area contributed by atoms with Crippen LogP contribution in [-0.4, -0.2) is 17.2 Å². The minimum atomic E-state index is -1.80. The molecular weight excluding hydrogens is 278 g/mol. The van der Waals surface area contributed by atoms with Gasteiger partial charge in [-0.15, -0.1) is 11.6 Å². The Labute approximate surface area is 103 Å². The van der Waals surface area contributed by atoms with Crippen LogP contribution in [0.2, 0.25) is 0 Å². The summed E-state index contributed by atoms with van der Waals surface area (Å²) < 4.78 is 52.8. The number of imide groups is 1. The van der Waals surface area contributed by atoms with E-state index in [2.05, 4.69) is 0 Å². The lowest BCUT2D eigenvalue weighted by Gasteiger charge is -2.13. The smallest absolute Gasteiger partial charge is 0.245 e. The molecule has 1 aliphatic heterocycles. The Balaban J connectivity index is 2.65. The van der Waals surface area contributed by atoms with E-state index in [1.807, 2.05) is 0 Å². The number of nitrogens with one attached hydrogen (secondary N) is 1. The van der Waals surface area contributed by atoms with Crippen molar-refractivity contribution in [3.05, 3.63) is 34.9 Å². The molecule has 0 aliphatic carbocycles. The maximum Gasteiger partial charge on any atom is 0.245 e. The van der Waals surface area contributed by atoms with Crippen LogP contribution in [0.3, 0.4) is 0 Å². The highest BCUT2D eigenvalue weighted by atomic mass is 35.5. The van der Waals surface area contributed by atoms with Gasteiger partial charge in [0.2, 0.25) is 11.8 Å². The second-order valence-corrected chi connectivity index (χ2v) is 4.08. The van der Waals surface area contributed by atoms with Gasteiger partial charge in [0.15, 0.2) is 23.3 Å². The van der Waals surface area contributed by atoms with Gasteiger partial charge >= 0.3 is 0 Å². The Kier molecular flexibility index (Phi) is 3.02. The lowest BCUT2D eigenvalue weighted by molar-refractivity contribution is -0.125. The summed E-state index contributed by atoms with van der Waals surface area (Å²) in [6.07, 6.45) is 0. The number of halogens is 5. The quantitative estimate of drug-likeness (QED) is 0.368. The molecule has 1 aromatic carbocycles. The first-order valence-electron chi connectivity index (χ1n) is 4.66. The van der Waals surface area contributed by atoms with Crippen molar-refractivity contribution in [1.29, 1.82) is 0 Å². The highest BCUT2D eigenvalue weighted by molar-refractivity contribution is 6.37. The van der Waals surface area contributed by atoms with Crippen LogP contribution in [0.4, 0.5) is 17.6 Å². The van der Waals surface area contributed by atoms with Crippen molar-refractivity contribution in [2.45, 2.75) is 11.3 Å². The Morgan fingerprint density at radius 1 is 1.00 bits per heavy atom. The number of carbonyl (C=O) groups excluding carboxylic acids is 2. The van der Waals surface area contributed by atoms with Crippen LogP contribution < -0.4 is 5.32 Å². The predicted octanol–water partition coefficient (Wildman–Crippen LogP) is 1.59. The Morgan fingerprint density at radius 2 is 1.50 bits per heavy atom. The van der Waals surface area contributed by atoms with Crippen LogP contribution in [0.15, 0.2) is 6.07 Å². The number of benzene rings is 1. The molecule has 0 radical (unpaired) electrons. The molecule has 2 atom stereocenters. The van der Waals surface area contributed by atoms with Gasteiger partial charge in [0, 0.05) is 11.6 Å². The van der Waals surface area contributed by atoms with E-state index < -0.39 is 51.9 Å². The normalized spacial score (nSPS) is 23.4. The van der Waals surface area contributed by atoms with E-state index in [4.69, 9.17) is 11.6 Å². The van der Waals surface area contributed by atoms with Crippen LogP contribution in [0.25, 0.3) is 0 Å². The first kappa shape index (κ1) is 12.8. The summed E-state index contributed by atoms with van der Waals surface area (Å²) in [6, 6.07) is 0.00603. The second kappa shape index (κ2) is 4.24. The number of carbonyl (C=O) groups is 2. The van der Waals surface area contributed by atoms with Crippen molar-refractivity contribution in [2.24, 2.45) is 0 Å². The van der Waals surface area contributed by atoms with E-state index in [0.29, 0.717) is 0 Å². The molecule has 1 N–H and O–H groups in total. The molecule has 96 valence electrons. The third-order valence-corrected chi connectivity index (χ3v) is 2.98. The van der Waals surface area contributed by atoms with Crippen molar-refractivity contribution in [3.8, 4) is 0 Å². The van der Waals surface area contributed by atoms with E-state index in [0.717, 1.165) is 0 Å². The van der Waals surface area contributed by atoms with Crippen LogP contribution in [0, 0.1) is 23.3 Å². The molecule has 0 bridgehead atoms. The number of rotatable bonds is 1. The Hall–Kier alpha value is -1.63. The topological polar surface area (TPSA) is 46.2 Å².